The Morgan fingerprint density at radius 1 is 0.900 bits per heavy atom. The molecule has 2 amide bonds. The van der Waals surface area contributed by atoms with E-state index in [4.69, 9.17) is 0 Å². The number of benzene rings is 2. The summed E-state index contributed by atoms with van der Waals surface area (Å²) in [5.41, 5.74) is 2.14. The summed E-state index contributed by atoms with van der Waals surface area (Å²) in [6, 6.07) is 20.0. The zero-order valence-corrected chi connectivity index (χ0v) is 17.4. The van der Waals surface area contributed by atoms with Crippen LogP contribution in [0.15, 0.2) is 66.7 Å². The highest BCUT2D eigenvalue weighted by atomic mass is 16.2. The molecular formula is C25H31N3O2. The van der Waals surface area contributed by atoms with Gasteiger partial charge in [0, 0.05) is 38.2 Å². The van der Waals surface area contributed by atoms with Crippen molar-refractivity contribution in [1.82, 2.24) is 15.5 Å². The molecule has 1 fully saturated rings. The zero-order valence-electron chi connectivity index (χ0n) is 17.4. The predicted octanol–water partition coefficient (Wildman–Crippen LogP) is 3.55. The molecule has 2 aromatic rings. The number of nitrogens with zero attached hydrogens (tertiary/aromatic N) is 1. The quantitative estimate of drug-likeness (QED) is 0.768. The summed E-state index contributed by atoms with van der Waals surface area (Å²) < 4.78 is 0. The smallest absolute Gasteiger partial charge is 0.246 e. The van der Waals surface area contributed by atoms with Gasteiger partial charge >= 0.3 is 0 Å². The van der Waals surface area contributed by atoms with E-state index in [1.54, 1.807) is 6.08 Å². The number of hydrogen-bond donors (Lipinski definition) is 2. The molecule has 0 radical (unpaired) electrons. The van der Waals surface area contributed by atoms with Crippen LogP contribution >= 0.6 is 0 Å². The molecule has 1 aliphatic rings. The Kier molecular flexibility index (Phi) is 8.66. The van der Waals surface area contributed by atoms with Gasteiger partial charge in [0.1, 0.15) is 0 Å². The Hall–Kier alpha value is -2.92. The third kappa shape index (κ3) is 7.16. The van der Waals surface area contributed by atoms with Crippen LogP contribution in [0.25, 0.3) is 6.08 Å². The second-order valence-corrected chi connectivity index (χ2v) is 7.60. The Morgan fingerprint density at radius 2 is 1.60 bits per heavy atom. The maximum Gasteiger partial charge on any atom is 0.246 e. The summed E-state index contributed by atoms with van der Waals surface area (Å²) in [4.78, 5) is 27.0. The van der Waals surface area contributed by atoms with E-state index in [0.717, 1.165) is 43.5 Å². The molecule has 158 valence electrons. The molecule has 3 rings (SSSR count). The van der Waals surface area contributed by atoms with E-state index in [2.05, 4.69) is 22.8 Å². The SMILES string of the molecule is O=C1C[C@@H](c2ccccc2)NCCCCN(C(=O)/C=C/c2ccccc2)CCCN1. The lowest BCUT2D eigenvalue weighted by atomic mass is 10.0. The lowest BCUT2D eigenvalue weighted by Crippen LogP contribution is -2.34. The van der Waals surface area contributed by atoms with Gasteiger partial charge in [-0.25, -0.2) is 0 Å². The van der Waals surface area contributed by atoms with Gasteiger partial charge in [-0.05, 0) is 43.0 Å². The summed E-state index contributed by atoms with van der Waals surface area (Å²) in [5, 5.41) is 6.52. The highest BCUT2D eigenvalue weighted by Gasteiger charge is 2.17. The van der Waals surface area contributed by atoms with Crippen molar-refractivity contribution < 1.29 is 9.59 Å². The Labute approximate surface area is 179 Å². The molecule has 0 unspecified atom stereocenters. The minimum absolute atomic E-state index is 0.0125. The number of rotatable bonds is 3. The van der Waals surface area contributed by atoms with E-state index < -0.39 is 0 Å². The van der Waals surface area contributed by atoms with Gasteiger partial charge in [-0.3, -0.25) is 9.59 Å². The number of carbonyl (C=O) groups excluding carboxylic acids is 2. The van der Waals surface area contributed by atoms with Crippen molar-refractivity contribution in [2.24, 2.45) is 0 Å². The molecule has 1 atom stereocenters. The fraction of sp³-hybridized carbons (Fsp3) is 0.360. The van der Waals surface area contributed by atoms with Gasteiger partial charge in [-0.2, -0.15) is 0 Å². The first-order valence-corrected chi connectivity index (χ1v) is 10.8. The molecule has 5 nitrogen and oxygen atoms in total. The first-order chi connectivity index (χ1) is 14.7. The molecule has 0 spiro atoms. The molecule has 0 bridgehead atoms. The largest absolute Gasteiger partial charge is 0.356 e. The second-order valence-electron chi connectivity index (χ2n) is 7.60. The first kappa shape index (κ1) is 21.8. The lowest BCUT2D eigenvalue weighted by Gasteiger charge is -2.21. The molecule has 1 saturated heterocycles. The number of hydrogen-bond acceptors (Lipinski definition) is 3. The first-order valence-electron chi connectivity index (χ1n) is 10.8. The molecule has 30 heavy (non-hydrogen) atoms. The Bertz CT molecular complexity index is 821. The zero-order chi connectivity index (χ0) is 21.0. The number of amides is 2. The second kappa shape index (κ2) is 11.9. The molecule has 2 aromatic carbocycles. The normalized spacial score (nSPS) is 19.4. The summed E-state index contributed by atoms with van der Waals surface area (Å²) in [5.74, 6) is 0.0626. The van der Waals surface area contributed by atoms with Crippen LogP contribution in [0.2, 0.25) is 0 Å². The van der Waals surface area contributed by atoms with Gasteiger partial charge in [-0.15, -0.1) is 0 Å². The van der Waals surface area contributed by atoms with E-state index >= 15 is 0 Å². The van der Waals surface area contributed by atoms with Crippen LogP contribution in [0, 0.1) is 0 Å². The fourth-order valence-electron chi connectivity index (χ4n) is 3.62. The van der Waals surface area contributed by atoms with E-state index in [1.165, 1.54) is 0 Å². The Balaban J connectivity index is 1.58. The maximum absolute atomic E-state index is 12.7. The van der Waals surface area contributed by atoms with Crippen molar-refractivity contribution in [3.63, 3.8) is 0 Å². The highest BCUT2D eigenvalue weighted by Crippen LogP contribution is 2.17. The van der Waals surface area contributed by atoms with Crippen LogP contribution < -0.4 is 10.6 Å². The van der Waals surface area contributed by atoms with Crippen LogP contribution in [-0.2, 0) is 9.59 Å². The highest BCUT2D eigenvalue weighted by molar-refractivity contribution is 5.91. The topological polar surface area (TPSA) is 61.4 Å². The van der Waals surface area contributed by atoms with E-state index in [0.29, 0.717) is 19.5 Å². The van der Waals surface area contributed by atoms with Gasteiger partial charge in [0.25, 0.3) is 0 Å². The lowest BCUT2D eigenvalue weighted by molar-refractivity contribution is -0.126. The number of carbonyl (C=O) groups is 2. The van der Waals surface area contributed by atoms with Crippen LogP contribution in [0.3, 0.4) is 0 Å². The van der Waals surface area contributed by atoms with Crippen molar-refractivity contribution >= 4 is 17.9 Å². The summed E-state index contributed by atoms with van der Waals surface area (Å²) in [7, 11) is 0. The molecule has 0 aromatic heterocycles. The average Bonchev–Trinajstić information content (AvgIpc) is 2.80. The van der Waals surface area contributed by atoms with Crippen LogP contribution in [-0.4, -0.2) is 42.9 Å². The molecule has 1 aliphatic heterocycles. The van der Waals surface area contributed by atoms with Crippen molar-refractivity contribution in [2.75, 3.05) is 26.2 Å². The van der Waals surface area contributed by atoms with Gasteiger partial charge in [0.05, 0.1) is 0 Å². The predicted molar refractivity (Wildman–Crippen MR) is 121 cm³/mol. The van der Waals surface area contributed by atoms with E-state index in [1.807, 2.05) is 59.5 Å². The van der Waals surface area contributed by atoms with E-state index in [9.17, 15) is 9.59 Å². The minimum Gasteiger partial charge on any atom is -0.356 e. The van der Waals surface area contributed by atoms with Gasteiger partial charge in [0.2, 0.25) is 11.8 Å². The third-order valence-corrected chi connectivity index (χ3v) is 5.29. The fourth-order valence-corrected chi connectivity index (χ4v) is 3.62. The van der Waals surface area contributed by atoms with Crippen molar-refractivity contribution in [2.45, 2.75) is 31.7 Å². The van der Waals surface area contributed by atoms with Gasteiger partial charge < -0.3 is 15.5 Å². The van der Waals surface area contributed by atoms with Crippen LogP contribution in [0.4, 0.5) is 0 Å². The molecule has 2 N–H and O–H groups in total. The molecule has 1 heterocycles. The van der Waals surface area contributed by atoms with Crippen molar-refractivity contribution in [1.29, 1.82) is 0 Å². The molecule has 0 saturated carbocycles. The standard InChI is InChI=1S/C25H31N3O2/c29-24-20-23(22-12-5-2-6-13-22)26-16-7-8-18-28(19-9-17-27-24)25(30)15-14-21-10-3-1-4-11-21/h1-6,10-15,23,26H,7-9,16-20H2,(H,27,29)/b15-14+/t23-/m0/s1. The molecule has 5 heteroatoms. The Morgan fingerprint density at radius 3 is 2.37 bits per heavy atom. The van der Waals surface area contributed by atoms with Gasteiger partial charge in [0.15, 0.2) is 0 Å². The van der Waals surface area contributed by atoms with Crippen molar-refractivity contribution in [3.05, 3.63) is 77.9 Å². The maximum atomic E-state index is 12.7. The molecular weight excluding hydrogens is 374 g/mol. The number of nitrogens with one attached hydrogen (secondary N) is 2. The van der Waals surface area contributed by atoms with Crippen molar-refractivity contribution in [3.8, 4) is 0 Å². The molecule has 0 aliphatic carbocycles. The monoisotopic (exact) mass is 405 g/mol. The van der Waals surface area contributed by atoms with E-state index in [-0.39, 0.29) is 17.9 Å². The van der Waals surface area contributed by atoms with Crippen LogP contribution in [0.1, 0.15) is 42.9 Å². The van der Waals surface area contributed by atoms with Crippen LogP contribution in [0.5, 0.6) is 0 Å². The summed E-state index contributed by atoms with van der Waals surface area (Å²) in [6.07, 6.45) is 6.57. The summed E-state index contributed by atoms with van der Waals surface area (Å²) in [6.45, 7) is 2.76. The minimum atomic E-state index is 0.0125. The van der Waals surface area contributed by atoms with Gasteiger partial charge in [-0.1, -0.05) is 60.7 Å². The third-order valence-electron chi connectivity index (χ3n) is 5.29. The average molecular weight is 406 g/mol. The summed E-state index contributed by atoms with van der Waals surface area (Å²) >= 11 is 0.